The molecule has 6 aromatic rings. The van der Waals surface area contributed by atoms with Crippen LogP contribution < -0.4 is 28.4 Å². The molecule has 6 fully saturated rings. The van der Waals surface area contributed by atoms with Crippen LogP contribution in [0.4, 0.5) is 26.3 Å². The van der Waals surface area contributed by atoms with E-state index in [1.807, 2.05) is 113 Å². The molecule has 6 aliphatic heterocycles. The van der Waals surface area contributed by atoms with Gasteiger partial charge >= 0.3 is 17.9 Å². The standard InChI is InChI=1S/C35H46F2N3O6.C34H44F2N3O6.C33H42F2N3O6.3V/c1-34(2,3)24-18-31(42)46-35(4)15-9-11-21(35)10-7-6-8-12-26-32(39-27-16-22(44-5)13-14-25(27)38-26)45-29-19-40(33(24)43)28(20-41)23(29)17-30(36)37;1-34(2,3)23-17-31(41)44-28-12-8-10-20(28)9-6-5-7-11-25-32(38-26-15-21(43-4)13-14-24(26)37-25)45-29-18-39(33(23)42)27(19-40)22(29)16-30(35)36;1-32(2,3)22-15-29(40)44-33(4)16-19(33)9-7-6-8-10-24-30(37-25-13-20(42-5)11-12-23(25)36-24)43-27-17-38(31(22)41)26(18-39)21(27)14-28(34)35;;;/h13-14,16,21,23-24,28-30H,6-12,15,17-19H2,1-5H3;13-15,20,22-23,27-30H,5-12,16-18H2,1-4H3;11-13,19,21-22,26-28H,6-10,14-17H2,1-5H3;;;/q3*-1;;;/t21-,23+,24-,28-,29+,35-;20-,22+,23-,27-,28-,29+;19-,21+,22-,26-,27+,33-;;;/m111.../s1. The summed E-state index contributed by atoms with van der Waals surface area (Å²) in [5.74, 6) is -5.38. The van der Waals surface area contributed by atoms with Gasteiger partial charge in [0.2, 0.25) is 54.6 Å². The van der Waals surface area contributed by atoms with Crippen LogP contribution in [0.25, 0.3) is 33.1 Å². The number of benzene rings is 3. The van der Waals surface area contributed by atoms with Crippen molar-refractivity contribution in [2.45, 2.75) is 329 Å². The number of esters is 3. The van der Waals surface area contributed by atoms with Crippen molar-refractivity contribution in [3.05, 3.63) is 71.7 Å². The molecule has 9 heterocycles. The Morgan fingerprint density at radius 3 is 1.06 bits per heavy atom. The molecule has 6 bridgehead atoms. The summed E-state index contributed by atoms with van der Waals surface area (Å²) in [6.45, 7) is 20.1. The van der Waals surface area contributed by atoms with Crippen LogP contribution in [-0.2, 0) is 132 Å². The van der Waals surface area contributed by atoms with Crippen molar-refractivity contribution in [3.8, 4) is 34.9 Å². The molecule has 0 N–H and O–H groups in total. The maximum Gasteiger partial charge on any atom is 0.307 e. The van der Waals surface area contributed by atoms with Gasteiger partial charge in [-0.25, -0.2) is 75.1 Å². The number of nitrogens with zero attached hydrogens (tertiary/aromatic N) is 9. The molecule has 3 aliphatic carbocycles. The Labute approximate surface area is 840 Å². The van der Waals surface area contributed by atoms with E-state index >= 15 is 0 Å². The first-order valence-corrected chi connectivity index (χ1v) is 48.2. The Morgan fingerprint density at radius 1 is 0.391 bits per heavy atom. The number of aryl methyl sites for hydroxylation is 3. The van der Waals surface area contributed by atoms with E-state index in [4.69, 9.17) is 72.5 Å². The van der Waals surface area contributed by atoms with Crippen LogP contribution in [-0.4, -0.2) is 213 Å². The van der Waals surface area contributed by atoms with Gasteiger partial charge < -0.3 is 71.7 Å². The van der Waals surface area contributed by atoms with Gasteiger partial charge in [-0.2, -0.15) is 0 Å². The molecule has 3 saturated carbocycles. The molecule has 138 heavy (non-hydrogen) atoms. The van der Waals surface area contributed by atoms with Gasteiger partial charge in [-0.3, -0.25) is 28.8 Å². The molecule has 27 nitrogen and oxygen atoms in total. The van der Waals surface area contributed by atoms with E-state index in [1.54, 1.807) is 57.7 Å². The summed E-state index contributed by atoms with van der Waals surface area (Å²) in [7, 11) is 4.64. The molecule has 3 saturated heterocycles. The Morgan fingerprint density at radius 2 is 0.717 bits per heavy atom. The Hall–Kier alpha value is -8.36. The zero-order valence-electron chi connectivity index (χ0n) is 81.6. The second-order valence-electron chi connectivity index (χ2n) is 41.9. The average molecular weight is 2040 g/mol. The maximum absolute atomic E-state index is 14.2. The summed E-state index contributed by atoms with van der Waals surface area (Å²) in [6.07, 6.45) is 10.4. The molecular formula is C102H132F6N9O18V3-3. The topological polar surface area (TPSA) is 324 Å². The predicted molar refractivity (Wildman–Crippen MR) is 488 cm³/mol. The molecule has 3 aromatic heterocycles. The Balaban J connectivity index is 0.000000211. The second kappa shape index (κ2) is 48.1. The summed E-state index contributed by atoms with van der Waals surface area (Å²) in [5.41, 5.74) is 2.06. The van der Waals surface area contributed by atoms with Crippen molar-refractivity contribution in [3.63, 3.8) is 0 Å². The largest absolute Gasteiger partial charge is 0.540 e. The van der Waals surface area contributed by atoms with Crippen molar-refractivity contribution in [1.29, 1.82) is 0 Å². The summed E-state index contributed by atoms with van der Waals surface area (Å²) in [4.78, 5) is 152. The zero-order chi connectivity index (χ0) is 97.3. The third-order valence-electron chi connectivity index (χ3n) is 29.4. The normalized spacial score (nSPS) is 28.8. The number of fused-ring (bicyclic) bond motifs is 15. The molecule has 0 spiro atoms. The molecule has 18 atom stereocenters. The number of carbonyl (C=O) groups is 6. The summed E-state index contributed by atoms with van der Waals surface area (Å²) >= 11 is 0. The van der Waals surface area contributed by atoms with Crippen LogP contribution in [0.2, 0.25) is 0 Å². The van der Waals surface area contributed by atoms with Crippen LogP contribution in [0.1, 0.15) is 254 Å². The summed E-state index contributed by atoms with van der Waals surface area (Å²) in [5, 5.41) is 0. The number of rotatable bonds is 12. The third kappa shape index (κ3) is 27.1. The van der Waals surface area contributed by atoms with Gasteiger partial charge in [0.05, 0.1) is 111 Å². The molecule has 0 unspecified atom stereocenters. The van der Waals surface area contributed by atoms with E-state index in [-0.39, 0.29) is 136 Å². The number of amides is 3. The molecule has 9 aliphatic rings. The number of aromatic nitrogens is 6. The second-order valence-corrected chi connectivity index (χ2v) is 41.9. The van der Waals surface area contributed by atoms with Crippen molar-refractivity contribution in [2.75, 3.05) is 41.0 Å². The minimum atomic E-state index is -2.75. The van der Waals surface area contributed by atoms with E-state index in [0.29, 0.717) is 86.7 Å². The van der Waals surface area contributed by atoms with Crippen LogP contribution in [0, 0.1) is 69.5 Å². The van der Waals surface area contributed by atoms with E-state index in [9.17, 15) is 69.5 Å². The molecule has 3 amide bonds. The monoisotopic (exact) mass is 2040 g/mol. The van der Waals surface area contributed by atoms with E-state index in [0.717, 1.165) is 122 Å². The van der Waals surface area contributed by atoms with Crippen LogP contribution >= 0.6 is 0 Å². The van der Waals surface area contributed by atoms with E-state index in [2.05, 4.69) is 0 Å². The minimum Gasteiger partial charge on any atom is -0.540 e. The summed E-state index contributed by atoms with van der Waals surface area (Å²) in [6, 6.07) is 12.2. The first kappa shape index (κ1) is 112. The molecular weight excluding hydrogens is 1910 g/mol. The van der Waals surface area contributed by atoms with Crippen molar-refractivity contribution < 1.29 is 168 Å². The summed E-state index contributed by atoms with van der Waals surface area (Å²) < 4.78 is 137. The number of hydrogen-bond donors (Lipinski definition) is 0. The van der Waals surface area contributed by atoms with Gasteiger partial charge in [0.15, 0.2) is 0 Å². The quantitative estimate of drug-likeness (QED) is 0.0475. The van der Waals surface area contributed by atoms with Gasteiger partial charge in [0.25, 0.3) is 0 Å². The SMILES string of the molecule is COc1ccc2nc3c(nc2c1)O[C@H]1CN(C(=O)[C@H](C(C)(C)C)CC(=O)O[C@@H]2CCC[C@H]2CCCCC3)[C@H]([C-]=O)[C@@H]1CC(F)F.COc1ccc2nc3c(nc2c1)O[C@H]1CN(C(=O)[C@H](C(C)(C)C)CC(=O)O[C@]2(C)CCC[C@H]2CCCCC3)[C@H]([C-]=O)[C@@H]1CC(F)F.COc1ccc2nc3c(nc2c1)O[C@H]1CN(C(=O)[C@H](C(C)(C)C)CC(=O)O[C@]2(C)C[C@H]2CCCCC3)[C@H]([C-]=O)[C@@H]1CC(F)F.[V].[V].[V]. The van der Waals surface area contributed by atoms with Gasteiger partial charge in [0, 0.05) is 99.0 Å². The van der Waals surface area contributed by atoms with Crippen LogP contribution in [0.15, 0.2) is 54.6 Å². The van der Waals surface area contributed by atoms with Gasteiger partial charge in [0.1, 0.15) is 69.9 Å². The average Bonchev–Trinajstić information content (AvgIpc) is 1.65. The van der Waals surface area contributed by atoms with Crippen LogP contribution in [0.3, 0.4) is 0 Å². The zero-order valence-corrected chi connectivity index (χ0v) is 85.8. The smallest absolute Gasteiger partial charge is 0.307 e. The van der Waals surface area contributed by atoms with E-state index < -0.39 is 174 Å². The fourth-order valence-corrected chi connectivity index (χ4v) is 21.4. The number of methoxy groups -OCH3 is 3. The fourth-order valence-electron chi connectivity index (χ4n) is 21.4. The molecule has 36 heteroatoms. The number of carbonyl (C=O) groups excluding carboxylic acids is 9. The number of hydrogen-bond acceptors (Lipinski definition) is 24. The first-order valence-electron chi connectivity index (χ1n) is 48.2. The Bertz CT molecular complexity index is 5230. The molecule has 753 valence electrons. The molecule has 3 radical (unpaired) electrons. The van der Waals surface area contributed by atoms with Crippen molar-refractivity contribution in [1.82, 2.24) is 44.6 Å². The number of ether oxygens (including phenoxy) is 9. The first-order chi connectivity index (χ1) is 64.1. The third-order valence-corrected chi connectivity index (χ3v) is 29.4. The van der Waals surface area contributed by atoms with E-state index in [1.165, 1.54) is 14.7 Å². The minimum absolute atomic E-state index is 0. The van der Waals surface area contributed by atoms with Crippen LogP contribution in [0.5, 0.6) is 34.9 Å². The van der Waals surface area contributed by atoms with Crippen molar-refractivity contribution >= 4 is 87.6 Å². The van der Waals surface area contributed by atoms with Gasteiger partial charge in [-0.15, -0.1) is 0 Å². The maximum atomic E-state index is 14.2. The van der Waals surface area contributed by atoms with Gasteiger partial charge in [-0.1, -0.05) is 119 Å². The molecule has 15 rings (SSSR count). The predicted octanol–water partition coefficient (Wildman–Crippen LogP) is 17.6. The Kier molecular flexibility index (Phi) is 38.9. The van der Waals surface area contributed by atoms with Gasteiger partial charge in [-0.05, 0) is 199 Å². The van der Waals surface area contributed by atoms with Crippen molar-refractivity contribution in [2.24, 2.45) is 69.5 Å². The number of halogens is 6. The molecule has 3 aromatic carbocycles. The number of alkyl halides is 6. The fraction of sp³-hybridized carbons (Fsp3) is 0.676.